The van der Waals surface area contributed by atoms with Crippen molar-refractivity contribution in [1.82, 2.24) is 0 Å². The van der Waals surface area contributed by atoms with Crippen LogP contribution in [0, 0.1) is 5.41 Å². The average molecular weight is 797 g/mol. The summed E-state index contributed by atoms with van der Waals surface area (Å²) in [6, 6.07) is 0. The van der Waals surface area contributed by atoms with Gasteiger partial charge in [0.05, 0.1) is 13.0 Å². The van der Waals surface area contributed by atoms with Gasteiger partial charge in [-0.1, -0.05) is 34.8 Å². The molecule has 10 atom stereocenters. The molecule has 2 saturated heterocycles. The molecule has 51 heavy (non-hydrogen) atoms. The van der Waals surface area contributed by atoms with E-state index in [1.165, 1.54) is 0 Å². The zero-order valence-electron chi connectivity index (χ0n) is 27.8. The number of carbonyl (C=O) groups excluding carboxylic acids is 6. The van der Waals surface area contributed by atoms with Crippen molar-refractivity contribution in [3.63, 3.8) is 0 Å². The van der Waals surface area contributed by atoms with Gasteiger partial charge in [0.2, 0.25) is 5.90 Å². The normalized spacial score (nSPS) is 30.5. The molecule has 2 rings (SSSR count). The minimum absolute atomic E-state index is 0.630. The summed E-state index contributed by atoms with van der Waals surface area (Å²) in [5.74, 6) is -8.75. The number of esters is 6. The number of carboxylic acid groups (broad SMARTS) is 1. The van der Waals surface area contributed by atoms with E-state index >= 15 is 0 Å². The Labute approximate surface area is 304 Å². The highest BCUT2D eigenvalue weighted by Crippen LogP contribution is 2.41. The van der Waals surface area contributed by atoms with E-state index in [2.05, 4.69) is 0 Å². The zero-order valence-corrected chi connectivity index (χ0v) is 30.1. The van der Waals surface area contributed by atoms with Gasteiger partial charge in [-0.25, -0.2) is 0 Å². The maximum absolute atomic E-state index is 12.5. The van der Waals surface area contributed by atoms with Crippen molar-refractivity contribution in [1.29, 1.82) is 5.41 Å². The summed E-state index contributed by atoms with van der Waals surface area (Å²) in [5.41, 5.74) is -2.65. The van der Waals surface area contributed by atoms with E-state index in [1.807, 2.05) is 0 Å². The van der Waals surface area contributed by atoms with Gasteiger partial charge in [0.25, 0.3) is 3.79 Å². The van der Waals surface area contributed by atoms with Gasteiger partial charge in [0.1, 0.15) is 18.8 Å². The van der Waals surface area contributed by atoms with Gasteiger partial charge in [-0.3, -0.25) is 39.0 Å². The van der Waals surface area contributed by atoms with Gasteiger partial charge < -0.3 is 57.6 Å². The van der Waals surface area contributed by atoms with E-state index in [1.54, 1.807) is 0 Å². The number of aliphatic hydroxyl groups is 1. The molecule has 0 aliphatic carbocycles. The fraction of sp³-hybridized carbons (Fsp3) is 0.714. The highest BCUT2D eigenvalue weighted by atomic mass is 35.6. The minimum Gasteiger partial charge on any atom is -0.481 e. The Hall–Kier alpha value is -3.53. The molecule has 0 unspecified atom stereocenters. The Morgan fingerprint density at radius 3 is 1.71 bits per heavy atom. The number of aliphatic hydroxyl groups excluding tert-OH is 1. The molecule has 0 aromatic rings. The molecular weight excluding hydrogens is 761 g/mol. The lowest BCUT2D eigenvalue weighted by atomic mass is 9.80. The second-order valence-corrected chi connectivity index (χ2v) is 13.3. The number of ether oxygens (including phenoxy) is 10. The first kappa shape index (κ1) is 43.6. The number of hydrogen-bond acceptors (Lipinski definition) is 19. The van der Waals surface area contributed by atoms with Crippen molar-refractivity contribution in [2.24, 2.45) is 0 Å². The van der Waals surface area contributed by atoms with Gasteiger partial charge in [-0.05, 0) is 0 Å². The van der Waals surface area contributed by atoms with E-state index in [4.69, 9.17) is 87.6 Å². The number of hydrogen-bond donors (Lipinski definition) is 3. The van der Waals surface area contributed by atoms with Crippen LogP contribution in [0.3, 0.4) is 0 Å². The number of nitrogens with one attached hydrogen (secondary N) is 1. The lowest BCUT2D eigenvalue weighted by molar-refractivity contribution is -0.345. The number of aliphatic carboxylic acids is 1. The molecule has 288 valence electrons. The van der Waals surface area contributed by atoms with Crippen LogP contribution in [0.4, 0.5) is 0 Å². The van der Waals surface area contributed by atoms with Gasteiger partial charge in [0.15, 0.2) is 48.7 Å². The smallest absolute Gasteiger partial charge is 0.307 e. The predicted octanol–water partition coefficient (Wildman–Crippen LogP) is 0.244. The van der Waals surface area contributed by atoms with Crippen LogP contribution in [0.5, 0.6) is 0 Å². The van der Waals surface area contributed by atoms with Crippen molar-refractivity contribution in [2.75, 3.05) is 13.2 Å². The van der Waals surface area contributed by atoms with Crippen molar-refractivity contribution in [3.05, 3.63) is 0 Å². The van der Waals surface area contributed by atoms with Crippen LogP contribution in [0.15, 0.2) is 0 Å². The number of alkyl halides is 3. The van der Waals surface area contributed by atoms with E-state index in [0.29, 0.717) is 0 Å². The first-order valence-corrected chi connectivity index (χ1v) is 15.8. The molecule has 3 N–H and O–H groups in total. The van der Waals surface area contributed by atoms with Crippen LogP contribution in [-0.4, -0.2) is 136 Å². The Morgan fingerprint density at radius 2 is 1.24 bits per heavy atom. The highest BCUT2D eigenvalue weighted by Gasteiger charge is 2.64. The summed E-state index contributed by atoms with van der Waals surface area (Å²) >= 11 is 17.1. The minimum atomic E-state index is -2.65. The summed E-state index contributed by atoms with van der Waals surface area (Å²) in [4.78, 5) is 85.1. The zero-order chi connectivity index (χ0) is 39.0. The molecule has 23 heteroatoms. The van der Waals surface area contributed by atoms with Crippen molar-refractivity contribution >= 4 is 82.5 Å². The summed E-state index contributed by atoms with van der Waals surface area (Å²) in [5, 5.41) is 28.9. The standard InChI is InChI=1S/C28H36Cl3NO19/c1-10(33)42-8-16-19(44-11(2)34)20(45-12(3)35)21(46-13(4)36)25(48-16)43-9-17-27(7-18(39)40,51-15(6)38)23(47-14(5)37)22(24(41)49-17)50-26(32)28(29,30)31/h16-17,19-25,32,41H,7-9H2,1-6H3,(H,39,40)/t16-,17-,19-,20+,21-,22-,23-,24-,25-,27-/m1/s1. The van der Waals surface area contributed by atoms with E-state index in [9.17, 15) is 43.8 Å². The molecule has 0 amide bonds. The third kappa shape index (κ3) is 12.3. The first-order valence-electron chi connectivity index (χ1n) is 14.6. The number of rotatable bonds is 13. The molecule has 2 aliphatic heterocycles. The molecule has 2 fully saturated rings. The molecule has 0 saturated carbocycles. The Morgan fingerprint density at radius 1 is 0.706 bits per heavy atom. The van der Waals surface area contributed by atoms with E-state index < -0.39 is 132 Å². The molecule has 0 aromatic heterocycles. The molecular formula is C28H36Cl3NO19. The SMILES string of the molecule is CC(=O)OC[C@H]1O[C@@H](OC[C@H]2O[C@@H](O)[C@H](OC(=N)C(Cl)(Cl)Cl)[C@@H](OC(C)=O)[C@]2(CC(=O)O)OC(C)=O)[C@H](OC(C)=O)[C@@H](OC(C)=O)[C@@H]1OC(C)=O. The maximum atomic E-state index is 12.5. The summed E-state index contributed by atoms with van der Waals surface area (Å²) < 4.78 is 51.7. The Kier molecular flexibility index (Phi) is 15.7. The predicted molar refractivity (Wildman–Crippen MR) is 164 cm³/mol. The van der Waals surface area contributed by atoms with Gasteiger partial charge in [-0.15, -0.1) is 0 Å². The fourth-order valence-corrected chi connectivity index (χ4v) is 5.34. The lowest BCUT2D eigenvalue weighted by Gasteiger charge is -2.51. The molecule has 20 nitrogen and oxygen atoms in total. The number of carbonyl (C=O) groups is 7. The Bertz CT molecular complexity index is 1340. The van der Waals surface area contributed by atoms with Crippen LogP contribution in [0.1, 0.15) is 48.0 Å². The maximum Gasteiger partial charge on any atom is 0.307 e. The average Bonchev–Trinajstić information content (AvgIpc) is 2.95. The molecule has 0 radical (unpaired) electrons. The van der Waals surface area contributed by atoms with Crippen LogP contribution < -0.4 is 0 Å². The van der Waals surface area contributed by atoms with E-state index in [0.717, 1.165) is 41.5 Å². The summed E-state index contributed by atoms with van der Waals surface area (Å²) in [7, 11) is 0. The fourth-order valence-electron chi connectivity index (χ4n) is 5.20. The van der Waals surface area contributed by atoms with Crippen LogP contribution >= 0.6 is 34.8 Å². The Balaban J connectivity index is 2.71. The number of halogens is 3. The van der Waals surface area contributed by atoms with Gasteiger partial charge in [-0.2, -0.15) is 0 Å². The highest BCUT2D eigenvalue weighted by molar-refractivity contribution is 6.76. The second kappa shape index (κ2) is 18.3. The second-order valence-electron chi connectivity index (χ2n) is 11.0. The van der Waals surface area contributed by atoms with Crippen LogP contribution in [0.25, 0.3) is 0 Å². The molecule has 0 spiro atoms. The summed E-state index contributed by atoms with van der Waals surface area (Å²) in [6.07, 6.45) is -17.9. The summed E-state index contributed by atoms with van der Waals surface area (Å²) in [6.45, 7) is 4.13. The largest absolute Gasteiger partial charge is 0.481 e. The van der Waals surface area contributed by atoms with Crippen molar-refractivity contribution in [2.45, 2.75) is 113 Å². The van der Waals surface area contributed by atoms with Crippen molar-refractivity contribution in [3.8, 4) is 0 Å². The molecule has 0 bridgehead atoms. The van der Waals surface area contributed by atoms with Crippen molar-refractivity contribution < 1.29 is 91.1 Å². The lowest BCUT2D eigenvalue weighted by Crippen LogP contribution is -2.71. The molecule has 2 aliphatic rings. The van der Waals surface area contributed by atoms with Crippen LogP contribution in [0.2, 0.25) is 0 Å². The third-order valence-corrected chi connectivity index (χ3v) is 7.35. The van der Waals surface area contributed by atoms with Gasteiger partial charge in [0, 0.05) is 41.5 Å². The number of carboxylic acids is 1. The van der Waals surface area contributed by atoms with E-state index in [-0.39, 0.29) is 0 Å². The van der Waals surface area contributed by atoms with Gasteiger partial charge >= 0.3 is 41.8 Å². The topological polar surface area (TPSA) is 276 Å². The van der Waals surface area contributed by atoms with Crippen LogP contribution in [-0.2, 0) is 80.9 Å². The monoisotopic (exact) mass is 795 g/mol. The first-order chi connectivity index (χ1) is 23.5. The quantitative estimate of drug-likeness (QED) is 0.0740. The third-order valence-electron chi connectivity index (χ3n) is 6.84. The molecule has 2 heterocycles. The molecule has 0 aromatic carbocycles.